The lowest BCUT2D eigenvalue weighted by atomic mass is 10.1. The Morgan fingerprint density at radius 2 is 2.04 bits per heavy atom. The molecule has 0 spiro atoms. The number of likely N-dealkylation sites (N-methyl/N-ethyl adjacent to an activating group) is 1. The maximum atomic E-state index is 14.9. The Hall–Kier alpha value is -1.86. The molecule has 1 aromatic heterocycles. The van der Waals surface area contributed by atoms with Gasteiger partial charge in [0.05, 0.1) is 22.0 Å². The summed E-state index contributed by atoms with van der Waals surface area (Å²) >= 11 is 6.41. The van der Waals surface area contributed by atoms with Crippen LogP contribution in [0.1, 0.15) is 12.5 Å². The van der Waals surface area contributed by atoms with Gasteiger partial charge < -0.3 is 14.5 Å². The highest BCUT2D eigenvalue weighted by Crippen LogP contribution is 2.43. The zero-order valence-electron chi connectivity index (χ0n) is 14.6. The maximum absolute atomic E-state index is 14.9. The van der Waals surface area contributed by atoms with E-state index in [1.165, 1.54) is 4.57 Å². The van der Waals surface area contributed by atoms with Crippen molar-refractivity contribution < 1.29 is 9.13 Å². The molecule has 1 saturated heterocycles. The van der Waals surface area contributed by atoms with Crippen molar-refractivity contribution in [2.45, 2.75) is 25.9 Å². The van der Waals surface area contributed by atoms with E-state index in [0.717, 1.165) is 13.1 Å². The van der Waals surface area contributed by atoms with Gasteiger partial charge in [-0.25, -0.2) is 9.18 Å². The maximum Gasteiger partial charge on any atom is 0.349 e. The second kappa shape index (κ2) is 5.57. The first kappa shape index (κ1) is 16.6. The highest BCUT2D eigenvalue weighted by atomic mass is 35.5. The van der Waals surface area contributed by atoms with E-state index in [4.69, 9.17) is 16.3 Å². The number of aromatic nitrogens is 2. The number of anilines is 1. The molecule has 4 rings (SSSR count). The molecule has 0 saturated carbocycles. The van der Waals surface area contributed by atoms with Crippen molar-refractivity contribution in [1.82, 2.24) is 14.5 Å². The standard InChI is InChI=1S/C17H20ClFN4O2/c1-8-5-21(3)6-10-7-25-15-11-14(12(18)9(2)13(15)19)22(4)17(24)20-16(11)23(8)10/h8,10H,5-7H2,1-4H3. The number of fused-ring (bicyclic) bond motifs is 2. The minimum absolute atomic E-state index is 0.0116. The second-order valence-corrected chi connectivity index (χ2v) is 7.40. The fraction of sp³-hybridized carbons (Fsp3) is 0.529. The van der Waals surface area contributed by atoms with E-state index in [1.807, 2.05) is 7.05 Å². The number of hydrogen-bond acceptors (Lipinski definition) is 5. The van der Waals surface area contributed by atoms with Crippen molar-refractivity contribution in [2.75, 3.05) is 31.6 Å². The number of piperazine rings is 1. The van der Waals surface area contributed by atoms with Crippen LogP contribution in [-0.2, 0) is 7.05 Å². The van der Waals surface area contributed by atoms with Crippen LogP contribution >= 0.6 is 11.6 Å². The summed E-state index contributed by atoms with van der Waals surface area (Å²) < 4.78 is 22.2. The Morgan fingerprint density at radius 3 is 2.76 bits per heavy atom. The number of aryl methyl sites for hydroxylation is 1. The third-order valence-electron chi connectivity index (χ3n) is 5.21. The van der Waals surface area contributed by atoms with E-state index in [2.05, 4.69) is 21.7 Å². The third-order valence-corrected chi connectivity index (χ3v) is 5.67. The van der Waals surface area contributed by atoms with Gasteiger partial charge in [-0.15, -0.1) is 0 Å². The van der Waals surface area contributed by atoms with Crippen LogP contribution in [0.2, 0.25) is 5.02 Å². The third kappa shape index (κ3) is 2.25. The highest BCUT2D eigenvalue weighted by Gasteiger charge is 2.38. The SMILES string of the molecule is Cc1c(F)c2c3c(nc(=O)n(C)c3c1Cl)N1C(C)CN(C)CC1CO2. The summed E-state index contributed by atoms with van der Waals surface area (Å²) in [5, 5.41) is 0.706. The molecule has 2 aliphatic rings. The molecule has 2 aliphatic heterocycles. The average molecular weight is 367 g/mol. The van der Waals surface area contributed by atoms with E-state index in [9.17, 15) is 9.18 Å². The van der Waals surface area contributed by atoms with Crippen molar-refractivity contribution >= 4 is 28.3 Å². The molecule has 0 bridgehead atoms. The van der Waals surface area contributed by atoms with E-state index in [1.54, 1.807) is 14.0 Å². The lowest BCUT2D eigenvalue weighted by molar-refractivity contribution is 0.183. The molecular formula is C17H20ClFN4O2. The molecule has 6 nitrogen and oxygen atoms in total. The molecule has 2 atom stereocenters. The zero-order valence-corrected chi connectivity index (χ0v) is 15.4. The summed E-state index contributed by atoms with van der Waals surface area (Å²) in [7, 11) is 3.64. The molecule has 0 N–H and O–H groups in total. The van der Waals surface area contributed by atoms with E-state index < -0.39 is 11.5 Å². The zero-order chi connectivity index (χ0) is 18.0. The van der Waals surface area contributed by atoms with Crippen LogP contribution in [0, 0.1) is 12.7 Å². The van der Waals surface area contributed by atoms with Crippen LogP contribution in [0.15, 0.2) is 4.79 Å². The van der Waals surface area contributed by atoms with Crippen LogP contribution in [0.3, 0.4) is 0 Å². The summed E-state index contributed by atoms with van der Waals surface area (Å²) in [5.74, 6) is 0.122. The van der Waals surface area contributed by atoms with E-state index in [0.29, 0.717) is 23.3 Å². The Kier molecular flexibility index (Phi) is 3.70. The van der Waals surface area contributed by atoms with Gasteiger partial charge in [-0.05, 0) is 20.9 Å². The van der Waals surface area contributed by atoms with Crippen molar-refractivity contribution in [1.29, 1.82) is 0 Å². The number of nitrogens with zero attached hydrogens (tertiary/aromatic N) is 4. The molecule has 1 fully saturated rings. The van der Waals surface area contributed by atoms with Crippen molar-refractivity contribution in [3.05, 3.63) is 26.9 Å². The van der Waals surface area contributed by atoms with Gasteiger partial charge in [-0.3, -0.25) is 4.57 Å². The number of benzene rings is 1. The topological polar surface area (TPSA) is 50.6 Å². The monoisotopic (exact) mass is 366 g/mol. The largest absolute Gasteiger partial charge is 0.487 e. The number of halogens is 2. The van der Waals surface area contributed by atoms with Gasteiger partial charge in [0, 0.05) is 31.7 Å². The van der Waals surface area contributed by atoms with Gasteiger partial charge in [0.2, 0.25) is 0 Å². The Bertz CT molecular complexity index is 945. The summed E-state index contributed by atoms with van der Waals surface area (Å²) in [6, 6.07) is 0.103. The van der Waals surface area contributed by atoms with Crippen molar-refractivity contribution in [3.63, 3.8) is 0 Å². The minimum atomic E-state index is -0.486. The molecule has 2 aromatic rings. The number of rotatable bonds is 0. The fourth-order valence-corrected chi connectivity index (χ4v) is 4.35. The van der Waals surface area contributed by atoms with Crippen molar-refractivity contribution in [3.8, 4) is 5.75 Å². The summed E-state index contributed by atoms with van der Waals surface area (Å²) in [6.45, 7) is 5.58. The molecule has 3 heterocycles. The van der Waals surface area contributed by atoms with Crippen LogP contribution in [0.5, 0.6) is 5.75 Å². The van der Waals surface area contributed by atoms with Crippen LogP contribution in [-0.4, -0.2) is 53.3 Å². The van der Waals surface area contributed by atoms with Crippen LogP contribution in [0.25, 0.3) is 10.9 Å². The minimum Gasteiger partial charge on any atom is -0.487 e. The Balaban J connectivity index is 2.13. The predicted molar refractivity (Wildman–Crippen MR) is 95.4 cm³/mol. The van der Waals surface area contributed by atoms with Gasteiger partial charge in [-0.2, -0.15) is 4.98 Å². The average Bonchev–Trinajstić information content (AvgIpc) is 2.70. The van der Waals surface area contributed by atoms with Crippen LogP contribution in [0.4, 0.5) is 10.2 Å². The normalized spacial score (nSPS) is 23.4. The molecular weight excluding hydrogens is 347 g/mol. The molecule has 2 unspecified atom stereocenters. The molecule has 0 radical (unpaired) electrons. The predicted octanol–water partition coefficient (Wildman–Crippen LogP) is 1.94. The number of ether oxygens (including phenoxy) is 1. The summed E-state index contributed by atoms with van der Waals surface area (Å²) in [5.41, 5.74) is 0.340. The Labute approximate surface area is 149 Å². The molecule has 1 aromatic carbocycles. The first-order valence-electron chi connectivity index (χ1n) is 8.29. The van der Waals surface area contributed by atoms with Gasteiger partial charge >= 0.3 is 5.69 Å². The van der Waals surface area contributed by atoms with E-state index in [-0.39, 0.29) is 28.4 Å². The summed E-state index contributed by atoms with van der Waals surface area (Å²) in [6.07, 6.45) is 0. The molecule has 134 valence electrons. The smallest absolute Gasteiger partial charge is 0.349 e. The van der Waals surface area contributed by atoms with Gasteiger partial charge in [0.1, 0.15) is 12.4 Å². The highest BCUT2D eigenvalue weighted by molar-refractivity contribution is 6.36. The molecule has 0 aliphatic carbocycles. The Morgan fingerprint density at radius 1 is 1.32 bits per heavy atom. The van der Waals surface area contributed by atoms with Gasteiger partial charge in [0.15, 0.2) is 11.6 Å². The second-order valence-electron chi connectivity index (χ2n) is 7.03. The first-order chi connectivity index (χ1) is 11.8. The number of hydrogen-bond donors (Lipinski definition) is 0. The lowest BCUT2D eigenvalue weighted by Crippen LogP contribution is -2.59. The van der Waals surface area contributed by atoms with Gasteiger partial charge in [-0.1, -0.05) is 11.6 Å². The molecule has 25 heavy (non-hydrogen) atoms. The van der Waals surface area contributed by atoms with Gasteiger partial charge in [0.25, 0.3) is 0 Å². The molecule has 8 heteroatoms. The first-order valence-corrected chi connectivity index (χ1v) is 8.67. The van der Waals surface area contributed by atoms with Crippen molar-refractivity contribution in [2.24, 2.45) is 7.05 Å². The quantitative estimate of drug-likeness (QED) is 0.713. The van der Waals surface area contributed by atoms with Crippen LogP contribution < -0.4 is 15.3 Å². The summed E-state index contributed by atoms with van der Waals surface area (Å²) in [4.78, 5) is 21.0. The molecule has 0 amide bonds. The lowest BCUT2D eigenvalue weighted by Gasteiger charge is -2.44. The fourth-order valence-electron chi connectivity index (χ4n) is 4.05. The van der Waals surface area contributed by atoms with E-state index >= 15 is 0 Å².